The zero-order valence-corrected chi connectivity index (χ0v) is 7.84. The number of nitrogens with two attached hydrogens (primary N) is 1. The fourth-order valence-corrected chi connectivity index (χ4v) is 1.10. The van der Waals surface area contributed by atoms with Gasteiger partial charge in [0.05, 0.1) is 5.92 Å². The second kappa shape index (κ2) is 4.56. The summed E-state index contributed by atoms with van der Waals surface area (Å²) >= 11 is 0. The quantitative estimate of drug-likeness (QED) is 0.545. The second-order valence-electron chi connectivity index (χ2n) is 3.00. The molecule has 0 aliphatic rings. The molecule has 7 nitrogen and oxygen atoms in total. The van der Waals surface area contributed by atoms with Crippen molar-refractivity contribution in [2.75, 3.05) is 6.54 Å². The van der Waals surface area contributed by atoms with E-state index in [4.69, 9.17) is 10.8 Å². The summed E-state index contributed by atoms with van der Waals surface area (Å²) in [7, 11) is 0. The van der Waals surface area contributed by atoms with E-state index in [0.717, 1.165) is 10.6 Å². The zero-order valence-electron chi connectivity index (χ0n) is 7.84. The maximum atomic E-state index is 11.2. The number of hydrogen-bond acceptors (Lipinski definition) is 4. The molecule has 1 rings (SSSR count). The van der Waals surface area contributed by atoms with E-state index < -0.39 is 23.1 Å². The first-order valence-electron chi connectivity index (χ1n) is 4.27. The number of carboxylic acids is 1. The lowest BCUT2D eigenvalue weighted by Crippen LogP contribution is -2.39. The fraction of sp³-hybridized carbons (Fsp3) is 0.375. The second-order valence-corrected chi connectivity index (χ2v) is 3.00. The molecule has 82 valence electrons. The highest BCUT2D eigenvalue weighted by atomic mass is 16.4. The molecule has 7 heteroatoms. The van der Waals surface area contributed by atoms with Crippen LogP contribution in [0.3, 0.4) is 0 Å². The van der Waals surface area contributed by atoms with Crippen molar-refractivity contribution in [3.63, 3.8) is 0 Å². The van der Waals surface area contributed by atoms with E-state index in [2.05, 4.69) is 4.98 Å². The number of carboxylic acid groups (broad SMARTS) is 1. The highest BCUT2D eigenvalue weighted by molar-refractivity contribution is 5.70. The van der Waals surface area contributed by atoms with Gasteiger partial charge in [0.25, 0.3) is 5.56 Å². The summed E-state index contributed by atoms with van der Waals surface area (Å²) < 4.78 is 0.811. The highest BCUT2D eigenvalue weighted by Gasteiger charge is 2.17. The monoisotopic (exact) mass is 213 g/mol. The van der Waals surface area contributed by atoms with Crippen molar-refractivity contribution in [1.82, 2.24) is 9.55 Å². The maximum absolute atomic E-state index is 11.2. The lowest BCUT2D eigenvalue weighted by molar-refractivity contribution is -0.141. The van der Waals surface area contributed by atoms with Gasteiger partial charge in [-0.15, -0.1) is 0 Å². The molecule has 15 heavy (non-hydrogen) atoms. The molecule has 0 saturated heterocycles. The van der Waals surface area contributed by atoms with Crippen LogP contribution in [-0.2, 0) is 11.3 Å². The summed E-state index contributed by atoms with van der Waals surface area (Å²) in [5.74, 6) is -2.07. The molecule has 0 saturated carbocycles. The number of nitrogens with one attached hydrogen (secondary N) is 1. The largest absolute Gasteiger partial charge is 0.481 e. The number of H-pyrrole nitrogens is 1. The van der Waals surface area contributed by atoms with Gasteiger partial charge in [-0.2, -0.15) is 0 Å². The van der Waals surface area contributed by atoms with Gasteiger partial charge < -0.3 is 15.8 Å². The number of aromatic amines is 1. The van der Waals surface area contributed by atoms with Crippen LogP contribution in [0.2, 0.25) is 0 Å². The Morgan fingerprint density at radius 3 is 2.73 bits per heavy atom. The Balaban J connectivity index is 3.03. The van der Waals surface area contributed by atoms with Crippen molar-refractivity contribution in [1.29, 1.82) is 0 Å². The minimum absolute atomic E-state index is 0.129. The first-order valence-corrected chi connectivity index (χ1v) is 4.27. The van der Waals surface area contributed by atoms with Crippen molar-refractivity contribution < 1.29 is 9.90 Å². The summed E-state index contributed by atoms with van der Waals surface area (Å²) in [6, 6.07) is 1.15. The van der Waals surface area contributed by atoms with Crippen LogP contribution in [0, 0.1) is 5.92 Å². The smallest absolute Gasteiger partial charge is 0.328 e. The molecule has 1 aromatic heterocycles. The van der Waals surface area contributed by atoms with E-state index in [1.54, 1.807) is 0 Å². The number of hydrogen-bond donors (Lipinski definition) is 3. The van der Waals surface area contributed by atoms with Crippen LogP contribution in [-0.4, -0.2) is 27.2 Å². The van der Waals surface area contributed by atoms with Crippen LogP contribution in [0.1, 0.15) is 0 Å². The molecule has 0 bridgehead atoms. The zero-order chi connectivity index (χ0) is 11.4. The van der Waals surface area contributed by atoms with Crippen molar-refractivity contribution in [3.05, 3.63) is 33.1 Å². The van der Waals surface area contributed by atoms with Crippen LogP contribution in [0.5, 0.6) is 0 Å². The van der Waals surface area contributed by atoms with Gasteiger partial charge in [-0.3, -0.25) is 14.2 Å². The molecule has 4 N–H and O–H groups in total. The molecule has 0 amide bonds. The van der Waals surface area contributed by atoms with Crippen LogP contribution in [0.25, 0.3) is 0 Å². The number of carbonyl (C=O) groups is 1. The molecule has 0 aromatic carbocycles. The molecular weight excluding hydrogens is 202 g/mol. The third kappa shape index (κ3) is 2.53. The Morgan fingerprint density at radius 1 is 1.60 bits per heavy atom. The van der Waals surface area contributed by atoms with Crippen molar-refractivity contribution in [2.45, 2.75) is 6.54 Å². The van der Waals surface area contributed by atoms with Crippen molar-refractivity contribution >= 4 is 5.97 Å². The number of rotatable bonds is 4. The van der Waals surface area contributed by atoms with Crippen LogP contribution >= 0.6 is 0 Å². The lowest BCUT2D eigenvalue weighted by atomic mass is 10.1. The number of aromatic nitrogens is 2. The SMILES string of the molecule is NCC(Cn1c(=O)cc[nH]c1=O)C(=O)O. The van der Waals surface area contributed by atoms with Crippen LogP contribution < -0.4 is 17.0 Å². The minimum atomic E-state index is -1.13. The molecule has 0 aliphatic heterocycles. The van der Waals surface area contributed by atoms with Gasteiger partial charge in [-0.1, -0.05) is 0 Å². The summed E-state index contributed by atoms with van der Waals surface area (Å²) in [4.78, 5) is 35.3. The van der Waals surface area contributed by atoms with E-state index in [1.165, 1.54) is 6.20 Å². The first kappa shape index (κ1) is 11.2. The van der Waals surface area contributed by atoms with Crippen molar-refractivity contribution in [2.24, 2.45) is 11.7 Å². The van der Waals surface area contributed by atoms with Crippen molar-refractivity contribution in [3.8, 4) is 0 Å². The Bertz CT molecular complexity index is 433. The predicted molar refractivity (Wildman–Crippen MR) is 51.5 cm³/mol. The molecular formula is C8H11N3O4. The van der Waals surface area contributed by atoms with Gasteiger partial charge in [0.15, 0.2) is 0 Å². The lowest BCUT2D eigenvalue weighted by Gasteiger charge is -2.09. The highest BCUT2D eigenvalue weighted by Crippen LogP contribution is 1.95. The maximum Gasteiger partial charge on any atom is 0.328 e. The topological polar surface area (TPSA) is 118 Å². The predicted octanol–water partition coefficient (Wildman–Crippen LogP) is -1.80. The standard InChI is InChI=1S/C8H11N3O4/c9-3-5(7(13)14)4-11-6(12)1-2-10-8(11)15/h1-2,5H,3-4,9H2,(H,10,15)(H,13,14). The average molecular weight is 213 g/mol. The third-order valence-electron chi connectivity index (χ3n) is 1.98. The number of nitrogens with zero attached hydrogens (tertiary/aromatic N) is 1. The van der Waals surface area contributed by atoms with Gasteiger partial charge in [0.2, 0.25) is 0 Å². The van der Waals surface area contributed by atoms with Gasteiger partial charge in [0.1, 0.15) is 0 Å². The first-order chi connectivity index (χ1) is 7.06. The Kier molecular flexibility index (Phi) is 3.40. The van der Waals surface area contributed by atoms with Crippen LogP contribution in [0.15, 0.2) is 21.9 Å². The minimum Gasteiger partial charge on any atom is -0.481 e. The van der Waals surface area contributed by atoms with Gasteiger partial charge in [-0.25, -0.2) is 4.79 Å². The van der Waals surface area contributed by atoms with E-state index in [-0.39, 0.29) is 13.1 Å². The van der Waals surface area contributed by atoms with Gasteiger partial charge in [-0.05, 0) is 0 Å². The summed E-state index contributed by atoms with van der Waals surface area (Å²) in [5.41, 5.74) is 4.03. The Hall–Kier alpha value is -1.89. The van der Waals surface area contributed by atoms with E-state index in [1.807, 2.05) is 0 Å². The van der Waals surface area contributed by atoms with E-state index in [0.29, 0.717) is 0 Å². The fourth-order valence-electron chi connectivity index (χ4n) is 1.10. The Labute approximate surface area is 84.2 Å². The molecule has 0 fully saturated rings. The molecule has 1 aromatic rings. The summed E-state index contributed by atoms with van der Waals surface area (Å²) in [6.07, 6.45) is 1.21. The van der Waals surface area contributed by atoms with E-state index >= 15 is 0 Å². The molecule has 0 spiro atoms. The molecule has 1 atom stereocenters. The third-order valence-corrected chi connectivity index (χ3v) is 1.98. The average Bonchev–Trinajstić information content (AvgIpc) is 2.17. The normalized spacial score (nSPS) is 12.3. The molecule has 1 heterocycles. The molecule has 0 radical (unpaired) electrons. The molecule has 1 unspecified atom stereocenters. The van der Waals surface area contributed by atoms with Gasteiger partial charge >= 0.3 is 11.7 Å². The Morgan fingerprint density at radius 2 is 2.27 bits per heavy atom. The van der Waals surface area contributed by atoms with Gasteiger partial charge in [0, 0.05) is 25.4 Å². The summed E-state index contributed by atoms with van der Waals surface area (Å²) in [5, 5.41) is 8.71. The van der Waals surface area contributed by atoms with E-state index in [9.17, 15) is 14.4 Å². The van der Waals surface area contributed by atoms with Crippen LogP contribution in [0.4, 0.5) is 0 Å². The summed E-state index contributed by atoms with van der Waals surface area (Å²) in [6.45, 7) is -0.350. The molecule has 0 aliphatic carbocycles. The number of aliphatic carboxylic acids is 1.